The molecule has 0 aliphatic carbocycles. The van der Waals surface area contributed by atoms with Crippen LogP contribution in [0, 0.1) is 6.92 Å². The predicted molar refractivity (Wildman–Crippen MR) is 195 cm³/mol. The number of nitrogens with zero attached hydrogens (tertiary/aromatic N) is 3. The number of hydrogen-bond acceptors (Lipinski definition) is 3. The summed E-state index contributed by atoms with van der Waals surface area (Å²) in [5.41, 5.74) is 11.4. The van der Waals surface area contributed by atoms with E-state index in [-0.39, 0.29) is 0 Å². The molecule has 0 spiro atoms. The van der Waals surface area contributed by atoms with E-state index in [1.807, 2.05) is 60.7 Å². The zero-order valence-electron chi connectivity index (χ0n) is 26.0. The standard InChI is InChI=1S/C44H31N3/c1-30-16-18-31(19-17-30)32-20-22-33(23-21-32)38-28-29-39(41-15-9-8-14-40(38)41)34-24-26-37(27-25-34)44-46-42(35-10-4-2-5-11-35)45-43(47-44)36-12-6-3-7-13-36/h2-29H,1H3. The molecule has 222 valence electrons. The largest absolute Gasteiger partial charge is 0.208 e. The molecule has 8 rings (SSSR count). The average molecular weight is 602 g/mol. The van der Waals surface area contributed by atoms with Crippen molar-refractivity contribution in [2.45, 2.75) is 6.92 Å². The molecule has 7 aromatic carbocycles. The zero-order chi connectivity index (χ0) is 31.6. The second-order valence-corrected chi connectivity index (χ2v) is 11.8. The molecule has 0 aliphatic rings. The summed E-state index contributed by atoms with van der Waals surface area (Å²) in [5.74, 6) is 1.97. The van der Waals surface area contributed by atoms with Crippen LogP contribution in [0.5, 0.6) is 0 Å². The molecule has 8 aromatic rings. The predicted octanol–water partition coefficient (Wildman–Crippen LogP) is 11.3. The summed E-state index contributed by atoms with van der Waals surface area (Å²) in [7, 11) is 0. The van der Waals surface area contributed by atoms with Gasteiger partial charge in [-0.25, -0.2) is 15.0 Å². The minimum absolute atomic E-state index is 0.651. The first-order valence-corrected chi connectivity index (χ1v) is 15.9. The van der Waals surface area contributed by atoms with Gasteiger partial charge in [-0.15, -0.1) is 0 Å². The van der Waals surface area contributed by atoms with Crippen molar-refractivity contribution in [2.75, 3.05) is 0 Å². The number of rotatable bonds is 6. The third-order valence-corrected chi connectivity index (χ3v) is 8.66. The van der Waals surface area contributed by atoms with Crippen molar-refractivity contribution in [3.63, 3.8) is 0 Å². The maximum Gasteiger partial charge on any atom is 0.164 e. The molecular formula is C44H31N3. The van der Waals surface area contributed by atoms with Gasteiger partial charge in [0.25, 0.3) is 0 Å². The third-order valence-electron chi connectivity index (χ3n) is 8.66. The van der Waals surface area contributed by atoms with E-state index in [2.05, 4.69) is 116 Å². The molecule has 1 aromatic heterocycles. The van der Waals surface area contributed by atoms with E-state index in [1.54, 1.807) is 0 Å². The van der Waals surface area contributed by atoms with Gasteiger partial charge in [0.1, 0.15) is 0 Å². The fourth-order valence-corrected chi connectivity index (χ4v) is 6.13. The first-order valence-electron chi connectivity index (χ1n) is 15.9. The van der Waals surface area contributed by atoms with Crippen LogP contribution in [0.15, 0.2) is 170 Å². The van der Waals surface area contributed by atoms with Gasteiger partial charge in [-0.2, -0.15) is 0 Å². The van der Waals surface area contributed by atoms with Gasteiger partial charge < -0.3 is 0 Å². The second-order valence-electron chi connectivity index (χ2n) is 11.8. The Morgan fingerprint density at radius 3 is 1.02 bits per heavy atom. The van der Waals surface area contributed by atoms with Crippen molar-refractivity contribution in [1.82, 2.24) is 15.0 Å². The average Bonchev–Trinajstić information content (AvgIpc) is 3.15. The highest BCUT2D eigenvalue weighted by Gasteiger charge is 2.14. The van der Waals surface area contributed by atoms with Crippen LogP contribution in [-0.4, -0.2) is 15.0 Å². The molecule has 0 bridgehead atoms. The van der Waals surface area contributed by atoms with E-state index in [1.165, 1.54) is 44.2 Å². The molecule has 0 N–H and O–H groups in total. The summed E-state index contributed by atoms with van der Waals surface area (Å²) >= 11 is 0. The minimum Gasteiger partial charge on any atom is -0.208 e. The minimum atomic E-state index is 0.651. The van der Waals surface area contributed by atoms with Gasteiger partial charge in [0, 0.05) is 16.7 Å². The molecule has 0 aliphatic heterocycles. The molecule has 1 heterocycles. The highest BCUT2D eigenvalue weighted by molar-refractivity contribution is 6.05. The smallest absolute Gasteiger partial charge is 0.164 e. The van der Waals surface area contributed by atoms with Gasteiger partial charge in [0.2, 0.25) is 0 Å². The molecule has 0 amide bonds. The van der Waals surface area contributed by atoms with Crippen LogP contribution in [0.4, 0.5) is 0 Å². The van der Waals surface area contributed by atoms with Crippen LogP contribution in [-0.2, 0) is 0 Å². The summed E-state index contributed by atoms with van der Waals surface area (Å²) in [4.78, 5) is 14.6. The molecule has 0 radical (unpaired) electrons. The molecule has 0 fully saturated rings. The van der Waals surface area contributed by atoms with Crippen LogP contribution in [0.1, 0.15) is 5.56 Å². The molecule has 0 saturated carbocycles. The number of aryl methyl sites for hydroxylation is 1. The van der Waals surface area contributed by atoms with E-state index in [9.17, 15) is 0 Å². The highest BCUT2D eigenvalue weighted by Crippen LogP contribution is 2.37. The lowest BCUT2D eigenvalue weighted by molar-refractivity contribution is 1.07. The lowest BCUT2D eigenvalue weighted by atomic mass is 9.91. The molecule has 0 unspecified atom stereocenters. The van der Waals surface area contributed by atoms with Crippen molar-refractivity contribution >= 4 is 10.8 Å². The van der Waals surface area contributed by atoms with E-state index < -0.39 is 0 Å². The Labute approximate surface area is 274 Å². The maximum absolute atomic E-state index is 4.90. The highest BCUT2D eigenvalue weighted by atomic mass is 15.0. The van der Waals surface area contributed by atoms with Crippen LogP contribution in [0.3, 0.4) is 0 Å². The quantitative estimate of drug-likeness (QED) is 0.190. The third kappa shape index (κ3) is 5.71. The summed E-state index contributed by atoms with van der Waals surface area (Å²) in [6.07, 6.45) is 0. The van der Waals surface area contributed by atoms with Crippen LogP contribution in [0.25, 0.3) is 78.3 Å². The number of benzene rings is 7. The maximum atomic E-state index is 4.90. The van der Waals surface area contributed by atoms with Crippen molar-refractivity contribution < 1.29 is 0 Å². The first-order chi connectivity index (χ1) is 23.2. The molecule has 3 nitrogen and oxygen atoms in total. The fourth-order valence-electron chi connectivity index (χ4n) is 6.13. The van der Waals surface area contributed by atoms with Crippen molar-refractivity contribution in [2.24, 2.45) is 0 Å². The fraction of sp³-hybridized carbons (Fsp3) is 0.0227. The lowest BCUT2D eigenvalue weighted by Crippen LogP contribution is -2.00. The van der Waals surface area contributed by atoms with Gasteiger partial charge in [-0.05, 0) is 51.1 Å². The topological polar surface area (TPSA) is 38.7 Å². The Balaban J connectivity index is 1.15. The molecule has 47 heavy (non-hydrogen) atoms. The Morgan fingerprint density at radius 1 is 0.277 bits per heavy atom. The van der Waals surface area contributed by atoms with Gasteiger partial charge in [-0.3, -0.25) is 0 Å². The zero-order valence-corrected chi connectivity index (χ0v) is 26.0. The summed E-state index contributed by atoms with van der Waals surface area (Å²) in [5, 5.41) is 2.45. The Kier molecular flexibility index (Phi) is 7.41. The van der Waals surface area contributed by atoms with Crippen LogP contribution >= 0.6 is 0 Å². The van der Waals surface area contributed by atoms with E-state index in [0.29, 0.717) is 17.5 Å². The number of aromatic nitrogens is 3. The molecule has 3 heteroatoms. The van der Waals surface area contributed by atoms with Crippen molar-refractivity contribution in [1.29, 1.82) is 0 Å². The second kappa shape index (κ2) is 12.3. The Hall–Kier alpha value is -6.19. The Morgan fingerprint density at radius 2 is 0.596 bits per heavy atom. The summed E-state index contributed by atoms with van der Waals surface area (Å²) in [6.45, 7) is 2.12. The Bertz CT molecular complexity index is 2250. The lowest BCUT2D eigenvalue weighted by Gasteiger charge is -2.13. The summed E-state index contributed by atoms with van der Waals surface area (Å²) in [6, 6.07) is 59.5. The SMILES string of the molecule is Cc1ccc(-c2ccc(-c3ccc(-c4ccc(-c5nc(-c6ccccc6)nc(-c6ccccc6)n5)cc4)c4ccccc34)cc2)cc1. The van der Waals surface area contributed by atoms with E-state index in [4.69, 9.17) is 15.0 Å². The van der Waals surface area contributed by atoms with Gasteiger partial charge in [0.05, 0.1) is 0 Å². The first kappa shape index (κ1) is 28.3. The number of hydrogen-bond donors (Lipinski definition) is 0. The molecular weight excluding hydrogens is 571 g/mol. The van der Waals surface area contributed by atoms with Crippen molar-refractivity contribution in [3.05, 3.63) is 175 Å². The van der Waals surface area contributed by atoms with E-state index >= 15 is 0 Å². The van der Waals surface area contributed by atoms with Gasteiger partial charge in [0.15, 0.2) is 17.5 Å². The van der Waals surface area contributed by atoms with Crippen molar-refractivity contribution in [3.8, 4) is 67.5 Å². The number of fused-ring (bicyclic) bond motifs is 1. The van der Waals surface area contributed by atoms with Gasteiger partial charge in [-0.1, -0.05) is 175 Å². The van der Waals surface area contributed by atoms with Crippen LogP contribution < -0.4 is 0 Å². The summed E-state index contributed by atoms with van der Waals surface area (Å²) < 4.78 is 0. The van der Waals surface area contributed by atoms with E-state index in [0.717, 1.165) is 22.3 Å². The van der Waals surface area contributed by atoms with Crippen LogP contribution in [0.2, 0.25) is 0 Å². The molecule has 0 atom stereocenters. The normalized spacial score (nSPS) is 11.1. The van der Waals surface area contributed by atoms with Gasteiger partial charge >= 0.3 is 0 Å². The molecule has 0 saturated heterocycles. The monoisotopic (exact) mass is 601 g/mol.